The van der Waals surface area contributed by atoms with Gasteiger partial charge in [-0.3, -0.25) is 0 Å². The summed E-state index contributed by atoms with van der Waals surface area (Å²) >= 11 is 0. The third-order valence-corrected chi connectivity index (χ3v) is 5.30. The number of hydrogen-bond acceptors (Lipinski definition) is 0. The molecule has 4 rings (SSSR count). The smallest absolute Gasteiger partial charge is 0.0189 e. The van der Waals surface area contributed by atoms with Crippen LogP contribution in [0.25, 0.3) is 11.1 Å². The first-order valence-corrected chi connectivity index (χ1v) is 8.82. The summed E-state index contributed by atoms with van der Waals surface area (Å²) in [4.78, 5) is 0. The SMILES string of the molecule is c1ccc2c(c1)CCCC/C2=C1\CCCCc2ccccc21. The van der Waals surface area contributed by atoms with E-state index >= 15 is 0 Å². The molecule has 0 nitrogen and oxygen atoms in total. The Kier molecular flexibility index (Phi) is 3.84. The van der Waals surface area contributed by atoms with Crippen molar-refractivity contribution in [2.24, 2.45) is 0 Å². The molecule has 2 aromatic carbocycles. The van der Waals surface area contributed by atoms with E-state index in [1.165, 1.54) is 62.5 Å². The van der Waals surface area contributed by atoms with Gasteiger partial charge >= 0.3 is 0 Å². The van der Waals surface area contributed by atoms with Crippen LogP contribution in [0.3, 0.4) is 0 Å². The van der Waals surface area contributed by atoms with Gasteiger partial charge in [-0.15, -0.1) is 0 Å². The molecule has 0 heteroatoms. The van der Waals surface area contributed by atoms with Crippen LogP contribution in [0, 0.1) is 0 Å². The van der Waals surface area contributed by atoms with Crippen molar-refractivity contribution in [3.63, 3.8) is 0 Å². The van der Waals surface area contributed by atoms with Gasteiger partial charge in [0.15, 0.2) is 0 Å². The Bertz CT molecular complexity index is 644. The van der Waals surface area contributed by atoms with Crippen molar-refractivity contribution in [2.75, 3.05) is 0 Å². The summed E-state index contributed by atoms with van der Waals surface area (Å²) in [7, 11) is 0. The number of rotatable bonds is 0. The minimum Gasteiger partial charge on any atom is -0.0620 e. The molecule has 2 aliphatic carbocycles. The molecule has 0 radical (unpaired) electrons. The monoisotopic (exact) mass is 288 g/mol. The molecule has 0 saturated heterocycles. The molecule has 112 valence electrons. The largest absolute Gasteiger partial charge is 0.0620 e. The Labute approximate surface area is 133 Å². The standard InChI is InChI=1S/C22H24/c1-5-13-19-17(9-1)11-3-7-15-21(19)22-16-8-4-12-18-10-2-6-14-20(18)22/h1-2,5-6,9-10,13-14H,3-4,7-8,11-12,15-16H2/b22-21-. The molecule has 0 N–H and O–H groups in total. The lowest BCUT2D eigenvalue weighted by Crippen LogP contribution is -1.96. The summed E-state index contributed by atoms with van der Waals surface area (Å²) in [6.07, 6.45) is 10.3. The van der Waals surface area contributed by atoms with Crippen LogP contribution in [0.4, 0.5) is 0 Å². The van der Waals surface area contributed by atoms with Crippen LogP contribution in [-0.2, 0) is 12.8 Å². The summed E-state index contributed by atoms with van der Waals surface area (Å²) in [5, 5.41) is 0. The van der Waals surface area contributed by atoms with E-state index in [2.05, 4.69) is 48.5 Å². The van der Waals surface area contributed by atoms with E-state index in [4.69, 9.17) is 0 Å². The van der Waals surface area contributed by atoms with Crippen molar-refractivity contribution in [1.29, 1.82) is 0 Å². The van der Waals surface area contributed by atoms with Gasteiger partial charge in [0.1, 0.15) is 0 Å². The molecule has 0 bridgehead atoms. The highest BCUT2D eigenvalue weighted by Gasteiger charge is 2.20. The van der Waals surface area contributed by atoms with Gasteiger partial charge in [0, 0.05) is 0 Å². The molecule has 0 saturated carbocycles. The molecular weight excluding hydrogens is 264 g/mol. The highest BCUT2D eigenvalue weighted by atomic mass is 14.2. The molecule has 0 atom stereocenters. The maximum absolute atomic E-state index is 2.36. The molecular formula is C22H24. The molecule has 2 aliphatic rings. The topological polar surface area (TPSA) is 0 Å². The predicted molar refractivity (Wildman–Crippen MR) is 94.8 cm³/mol. The van der Waals surface area contributed by atoms with E-state index in [1.54, 1.807) is 22.3 Å². The number of aryl methyl sites for hydroxylation is 2. The van der Waals surface area contributed by atoms with E-state index < -0.39 is 0 Å². The number of benzene rings is 2. The van der Waals surface area contributed by atoms with Gasteiger partial charge in [-0.25, -0.2) is 0 Å². The second-order valence-electron chi connectivity index (χ2n) is 6.69. The van der Waals surface area contributed by atoms with Gasteiger partial charge in [0.25, 0.3) is 0 Å². The minimum atomic E-state index is 1.24. The van der Waals surface area contributed by atoms with E-state index in [9.17, 15) is 0 Å². The van der Waals surface area contributed by atoms with Gasteiger partial charge < -0.3 is 0 Å². The van der Waals surface area contributed by atoms with Crippen molar-refractivity contribution in [2.45, 2.75) is 51.4 Å². The van der Waals surface area contributed by atoms with E-state index in [-0.39, 0.29) is 0 Å². The van der Waals surface area contributed by atoms with Crippen LogP contribution in [0.2, 0.25) is 0 Å². The van der Waals surface area contributed by atoms with Gasteiger partial charge in [-0.05, 0) is 84.8 Å². The van der Waals surface area contributed by atoms with Crippen molar-refractivity contribution in [3.8, 4) is 0 Å². The molecule has 0 spiro atoms. The first-order valence-electron chi connectivity index (χ1n) is 8.82. The van der Waals surface area contributed by atoms with Gasteiger partial charge in [0.2, 0.25) is 0 Å². The van der Waals surface area contributed by atoms with E-state index in [0.29, 0.717) is 0 Å². The van der Waals surface area contributed by atoms with Crippen LogP contribution in [0.5, 0.6) is 0 Å². The van der Waals surface area contributed by atoms with Crippen molar-refractivity contribution in [3.05, 3.63) is 70.8 Å². The Balaban J connectivity index is 1.93. The van der Waals surface area contributed by atoms with Crippen LogP contribution in [0.1, 0.15) is 60.8 Å². The molecule has 22 heavy (non-hydrogen) atoms. The fourth-order valence-electron chi connectivity index (χ4n) is 4.20. The minimum absolute atomic E-state index is 1.24. The quantitative estimate of drug-likeness (QED) is 0.518. The lowest BCUT2D eigenvalue weighted by atomic mass is 9.88. The highest BCUT2D eigenvalue weighted by Crippen LogP contribution is 2.40. The maximum atomic E-state index is 2.36. The Hall–Kier alpha value is -1.82. The second-order valence-corrected chi connectivity index (χ2v) is 6.69. The summed E-state index contributed by atoms with van der Waals surface area (Å²) in [5.74, 6) is 0. The summed E-state index contributed by atoms with van der Waals surface area (Å²) in [6, 6.07) is 18.2. The van der Waals surface area contributed by atoms with E-state index in [0.717, 1.165) is 0 Å². The third-order valence-electron chi connectivity index (χ3n) is 5.30. The van der Waals surface area contributed by atoms with Crippen LogP contribution in [0.15, 0.2) is 48.5 Å². The zero-order chi connectivity index (χ0) is 14.8. The summed E-state index contributed by atoms with van der Waals surface area (Å²) in [5.41, 5.74) is 9.47. The molecule has 0 amide bonds. The fourth-order valence-corrected chi connectivity index (χ4v) is 4.20. The summed E-state index contributed by atoms with van der Waals surface area (Å²) < 4.78 is 0. The fraction of sp³-hybridized carbons (Fsp3) is 0.364. The third kappa shape index (κ3) is 2.52. The number of hydrogen-bond donors (Lipinski definition) is 0. The highest BCUT2D eigenvalue weighted by molar-refractivity contribution is 5.93. The lowest BCUT2D eigenvalue weighted by Gasteiger charge is -2.17. The Morgan fingerprint density at radius 1 is 0.455 bits per heavy atom. The molecule has 0 aliphatic heterocycles. The van der Waals surface area contributed by atoms with Gasteiger partial charge in [-0.2, -0.15) is 0 Å². The van der Waals surface area contributed by atoms with Crippen molar-refractivity contribution >= 4 is 11.1 Å². The van der Waals surface area contributed by atoms with E-state index in [1.807, 2.05) is 0 Å². The molecule has 2 aromatic rings. The predicted octanol–water partition coefficient (Wildman–Crippen LogP) is 6.05. The van der Waals surface area contributed by atoms with Crippen LogP contribution in [-0.4, -0.2) is 0 Å². The first-order chi connectivity index (χ1) is 10.9. The zero-order valence-corrected chi connectivity index (χ0v) is 13.3. The second kappa shape index (κ2) is 6.12. The summed E-state index contributed by atoms with van der Waals surface area (Å²) in [6.45, 7) is 0. The molecule has 0 heterocycles. The van der Waals surface area contributed by atoms with Crippen molar-refractivity contribution < 1.29 is 0 Å². The van der Waals surface area contributed by atoms with Gasteiger partial charge in [0.05, 0.1) is 0 Å². The lowest BCUT2D eigenvalue weighted by molar-refractivity contribution is 0.764. The zero-order valence-electron chi connectivity index (χ0n) is 13.3. The molecule has 0 aromatic heterocycles. The van der Waals surface area contributed by atoms with Crippen molar-refractivity contribution in [1.82, 2.24) is 0 Å². The first kappa shape index (κ1) is 13.8. The molecule has 0 fully saturated rings. The molecule has 0 unspecified atom stereocenters. The normalized spacial score (nSPS) is 21.5. The van der Waals surface area contributed by atoms with Crippen LogP contribution >= 0.6 is 0 Å². The van der Waals surface area contributed by atoms with Crippen LogP contribution < -0.4 is 0 Å². The average molecular weight is 288 g/mol. The number of allylic oxidation sites excluding steroid dienone is 2. The average Bonchev–Trinajstić information content (AvgIpc) is 2.90. The Morgan fingerprint density at radius 3 is 1.36 bits per heavy atom. The van der Waals surface area contributed by atoms with Gasteiger partial charge in [-0.1, -0.05) is 48.5 Å². The Morgan fingerprint density at radius 2 is 0.864 bits per heavy atom. The maximum Gasteiger partial charge on any atom is -0.0189 e. The number of fused-ring (bicyclic) bond motifs is 2.